The first-order valence-corrected chi connectivity index (χ1v) is 12.2. The molecule has 0 aromatic heterocycles. The molecule has 0 bridgehead atoms. The van der Waals surface area contributed by atoms with Gasteiger partial charge < -0.3 is 39.4 Å². The summed E-state index contributed by atoms with van der Waals surface area (Å²) >= 11 is 0. The van der Waals surface area contributed by atoms with Gasteiger partial charge in [0.2, 0.25) is 0 Å². The molecule has 0 aliphatic heterocycles. The van der Waals surface area contributed by atoms with Crippen LogP contribution in [0.15, 0.2) is 0 Å². The maximum atomic E-state index is 11.9. The van der Waals surface area contributed by atoms with Crippen LogP contribution < -0.4 is 10.6 Å². The number of hydrogen-bond acceptors (Lipinski definition) is 10. The van der Waals surface area contributed by atoms with Crippen LogP contribution in [0.25, 0.3) is 0 Å². The molecule has 12 heteroatoms. The van der Waals surface area contributed by atoms with Crippen molar-refractivity contribution in [1.29, 1.82) is 0 Å². The van der Waals surface area contributed by atoms with Gasteiger partial charge in [-0.15, -0.1) is 0 Å². The summed E-state index contributed by atoms with van der Waals surface area (Å²) in [7, 11) is 3.80. The summed E-state index contributed by atoms with van der Waals surface area (Å²) in [5, 5.41) is 5.06. The second-order valence-corrected chi connectivity index (χ2v) is 10.4. The van der Waals surface area contributed by atoms with E-state index in [4.69, 9.17) is 18.9 Å². The number of carbonyl (C=O) groups is 4. The standard InChI is InChI=1S/C24H46N4O8/c1-23(2,3)35-21(31)25-11-17-33-19(29)9-13-27(7)15-16-28(8)14-10-20(30)34-18-12-26-22(32)36-24(4,5)6/h9-18H2,1-8H3,(H,25,31)(H,26,32). The lowest BCUT2D eigenvalue weighted by Crippen LogP contribution is -2.35. The van der Waals surface area contributed by atoms with E-state index in [1.165, 1.54) is 0 Å². The van der Waals surface area contributed by atoms with E-state index < -0.39 is 23.4 Å². The first-order chi connectivity index (χ1) is 16.6. The van der Waals surface area contributed by atoms with Crippen LogP contribution in [0.5, 0.6) is 0 Å². The Morgan fingerprint density at radius 2 is 0.944 bits per heavy atom. The summed E-state index contributed by atoms with van der Waals surface area (Å²) in [5.74, 6) is -0.685. The van der Waals surface area contributed by atoms with Crippen LogP contribution in [0.4, 0.5) is 9.59 Å². The van der Waals surface area contributed by atoms with Gasteiger partial charge in [0, 0.05) is 26.2 Å². The number of likely N-dealkylation sites (N-methyl/N-ethyl adjacent to an activating group) is 2. The third-order valence-electron chi connectivity index (χ3n) is 4.33. The van der Waals surface area contributed by atoms with Crippen LogP contribution in [0.3, 0.4) is 0 Å². The van der Waals surface area contributed by atoms with Crippen LogP contribution in [0.2, 0.25) is 0 Å². The number of amides is 2. The maximum absolute atomic E-state index is 11.9. The van der Waals surface area contributed by atoms with E-state index in [2.05, 4.69) is 10.6 Å². The second-order valence-electron chi connectivity index (χ2n) is 10.4. The zero-order valence-corrected chi connectivity index (χ0v) is 23.2. The molecular formula is C24H46N4O8. The molecule has 2 N–H and O–H groups in total. The van der Waals surface area contributed by atoms with Crippen LogP contribution in [0.1, 0.15) is 54.4 Å². The predicted molar refractivity (Wildman–Crippen MR) is 135 cm³/mol. The molecule has 0 spiro atoms. The van der Waals surface area contributed by atoms with Gasteiger partial charge >= 0.3 is 24.1 Å². The molecule has 36 heavy (non-hydrogen) atoms. The van der Waals surface area contributed by atoms with E-state index in [0.717, 1.165) is 0 Å². The summed E-state index contributed by atoms with van der Waals surface area (Å²) in [4.78, 5) is 50.8. The summed E-state index contributed by atoms with van der Waals surface area (Å²) < 4.78 is 20.4. The Morgan fingerprint density at radius 3 is 1.25 bits per heavy atom. The first-order valence-electron chi connectivity index (χ1n) is 12.2. The van der Waals surface area contributed by atoms with Crippen LogP contribution in [-0.4, -0.2) is 112 Å². The molecule has 0 aliphatic carbocycles. The molecule has 2 amide bonds. The second kappa shape index (κ2) is 17.0. The third-order valence-corrected chi connectivity index (χ3v) is 4.33. The average molecular weight is 519 g/mol. The molecular weight excluding hydrogens is 472 g/mol. The van der Waals surface area contributed by atoms with E-state index in [-0.39, 0.29) is 51.1 Å². The quantitative estimate of drug-likeness (QED) is 0.187. The van der Waals surface area contributed by atoms with Gasteiger partial charge in [0.15, 0.2) is 0 Å². The molecule has 0 aliphatic rings. The number of nitrogens with zero attached hydrogens (tertiary/aromatic N) is 2. The van der Waals surface area contributed by atoms with Crippen molar-refractivity contribution in [2.24, 2.45) is 0 Å². The van der Waals surface area contributed by atoms with Crippen LogP contribution in [0, 0.1) is 0 Å². The number of alkyl carbamates (subject to hydrolysis) is 2. The van der Waals surface area contributed by atoms with Gasteiger partial charge in [-0.2, -0.15) is 0 Å². The van der Waals surface area contributed by atoms with Crippen molar-refractivity contribution < 1.29 is 38.1 Å². The lowest BCUT2D eigenvalue weighted by molar-refractivity contribution is -0.144. The van der Waals surface area contributed by atoms with Crippen LogP contribution >= 0.6 is 0 Å². The number of hydrogen-bond donors (Lipinski definition) is 2. The van der Waals surface area contributed by atoms with Crippen molar-refractivity contribution in [3.8, 4) is 0 Å². The molecule has 0 aromatic rings. The zero-order chi connectivity index (χ0) is 27.8. The monoisotopic (exact) mass is 518 g/mol. The fraction of sp³-hybridized carbons (Fsp3) is 0.833. The topological polar surface area (TPSA) is 136 Å². The Hall–Kier alpha value is -2.60. The minimum Gasteiger partial charge on any atom is -0.464 e. The molecule has 0 saturated carbocycles. The smallest absolute Gasteiger partial charge is 0.407 e. The Kier molecular flexibility index (Phi) is 15.7. The highest BCUT2D eigenvalue weighted by Crippen LogP contribution is 2.07. The third kappa shape index (κ3) is 21.9. The molecule has 0 heterocycles. The number of carbonyl (C=O) groups excluding carboxylic acids is 4. The van der Waals surface area contributed by atoms with Crippen molar-refractivity contribution >= 4 is 24.1 Å². The Balaban J connectivity index is 3.81. The molecule has 210 valence electrons. The molecule has 0 rings (SSSR count). The maximum Gasteiger partial charge on any atom is 0.407 e. The molecule has 0 saturated heterocycles. The lowest BCUT2D eigenvalue weighted by Gasteiger charge is -2.21. The van der Waals surface area contributed by atoms with Gasteiger partial charge in [-0.25, -0.2) is 9.59 Å². The van der Waals surface area contributed by atoms with Crippen molar-refractivity contribution in [1.82, 2.24) is 20.4 Å². The van der Waals surface area contributed by atoms with Gasteiger partial charge in [0.05, 0.1) is 25.9 Å². The lowest BCUT2D eigenvalue weighted by atomic mass is 10.2. The molecule has 0 aromatic carbocycles. The molecule has 0 radical (unpaired) electrons. The van der Waals surface area contributed by atoms with Crippen molar-refractivity contribution in [3.05, 3.63) is 0 Å². The van der Waals surface area contributed by atoms with E-state index in [0.29, 0.717) is 26.2 Å². The molecule has 0 fully saturated rings. The Morgan fingerprint density at radius 1 is 0.611 bits per heavy atom. The number of ether oxygens (including phenoxy) is 4. The fourth-order valence-corrected chi connectivity index (χ4v) is 2.54. The predicted octanol–water partition coefficient (Wildman–Crippen LogP) is 1.77. The highest BCUT2D eigenvalue weighted by molar-refractivity contribution is 5.70. The summed E-state index contributed by atoms with van der Waals surface area (Å²) in [5.41, 5.74) is -1.16. The van der Waals surface area contributed by atoms with Gasteiger partial charge in [-0.1, -0.05) is 0 Å². The summed E-state index contributed by atoms with van der Waals surface area (Å²) in [6.07, 6.45) is -0.635. The van der Waals surface area contributed by atoms with Gasteiger partial charge in [-0.05, 0) is 55.6 Å². The largest absolute Gasteiger partial charge is 0.464 e. The Labute approximate surface area is 215 Å². The van der Waals surface area contributed by atoms with E-state index >= 15 is 0 Å². The van der Waals surface area contributed by atoms with E-state index in [1.54, 1.807) is 41.5 Å². The minimum absolute atomic E-state index is 0.0810. The zero-order valence-electron chi connectivity index (χ0n) is 23.2. The van der Waals surface area contributed by atoms with E-state index in [1.807, 2.05) is 23.9 Å². The Bertz CT molecular complexity index is 631. The highest BCUT2D eigenvalue weighted by Gasteiger charge is 2.17. The first kappa shape index (κ1) is 33.4. The minimum atomic E-state index is -0.578. The molecule has 12 nitrogen and oxygen atoms in total. The summed E-state index contributed by atoms with van der Waals surface area (Å²) in [6.45, 7) is 13.6. The van der Waals surface area contributed by atoms with E-state index in [9.17, 15) is 19.2 Å². The fourth-order valence-electron chi connectivity index (χ4n) is 2.54. The number of rotatable bonds is 15. The van der Waals surface area contributed by atoms with Gasteiger partial charge in [0.25, 0.3) is 0 Å². The number of esters is 2. The number of nitrogens with one attached hydrogen (secondary N) is 2. The van der Waals surface area contributed by atoms with Crippen molar-refractivity contribution in [2.75, 3.05) is 66.6 Å². The highest BCUT2D eigenvalue weighted by atomic mass is 16.6. The van der Waals surface area contributed by atoms with Crippen molar-refractivity contribution in [2.45, 2.75) is 65.6 Å². The SMILES string of the molecule is CN(CCC(=O)OCCNC(=O)OC(C)(C)C)CCN(C)CCC(=O)OCCNC(=O)OC(C)(C)C. The van der Waals surface area contributed by atoms with Crippen LogP contribution in [-0.2, 0) is 28.5 Å². The average Bonchev–Trinajstić information content (AvgIpc) is 2.72. The molecule has 0 atom stereocenters. The van der Waals surface area contributed by atoms with Gasteiger partial charge in [0.1, 0.15) is 24.4 Å². The van der Waals surface area contributed by atoms with Gasteiger partial charge in [-0.3, -0.25) is 9.59 Å². The normalized spacial score (nSPS) is 11.7. The van der Waals surface area contributed by atoms with Crippen molar-refractivity contribution in [3.63, 3.8) is 0 Å². The molecule has 0 unspecified atom stereocenters. The summed E-state index contributed by atoms with van der Waals surface area (Å²) in [6, 6.07) is 0.